The number of benzene rings is 1. The normalized spacial score (nSPS) is 18.1. The van der Waals surface area contributed by atoms with Gasteiger partial charge in [-0.25, -0.2) is 0 Å². The third-order valence-electron chi connectivity index (χ3n) is 4.11. The van der Waals surface area contributed by atoms with Crippen LogP contribution in [0.3, 0.4) is 0 Å². The summed E-state index contributed by atoms with van der Waals surface area (Å²) >= 11 is 0. The molecule has 0 saturated carbocycles. The van der Waals surface area contributed by atoms with E-state index in [4.69, 9.17) is 4.74 Å². The number of methoxy groups -OCH3 is 1. The van der Waals surface area contributed by atoms with Gasteiger partial charge in [-0.15, -0.1) is 0 Å². The number of ether oxygens (including phenoxy) is 1. The van der Waals surface area contributed by atoms with E-state index < -0.39 is 0 Å². The number of carbonyl (C=O) groups is 1. The molecule has 1 saturated heterocycles. The molecule has 0 aromatic heterocycles. The summed E-state index contributed by atoms with van der Waals surface area (Å²) in [4.78, 5) is 13.7. The highest BCUT2D eigenvalue weighted by Gasteiger charge is 2.25. The lowest BCUT2D eigenvalue weighted by molar-refractivity contribution is -0.913. The smallest absolute Gasteiger partial charge is 0.282 e. The molecule has 4 nitrogen and oxygen atoms in total. The van der Waals surface area contributed by atoms with E-state index in [1.54, 1.807) is 7.11 Å². The van der Waals surface area contributed by atoms with Crippen LogP contribution in [-0.4, -0.2) is 32.1 Å². The largest absolute Gasteiger partial charge is 0.497 e. The number of likely N-dealkylation sites (tertiary alicyclic amines) is 1. The zero-order chi connectivity index (χ0) is 14.4. The molecule has 0 spiro atoms. The predicted octanol–water partition coefficient (Wildman–Crippen LogP) is 1.48. The highest BCUT2D eigenvalue weighted by atomic mass is 16.5. The second-order valence-corrected chi connectivity index (χ2v) is 5.51. The molecule has 1 fully saturated rings. The Bertz CT molecular complexity index is 423. The molecule has 1 amide bonds. The number of amides is 1. The first kappa shape index (κ1) is 14.9. The Hall–Kier alpha value is -1.55. The Morgan fingerprint density at radius 2 is 1.75 bits per heavy atom. The van der Waals surface area contributed by atoms with Crippen molar-refractivity contribution in [3.05, 3.63) is 24.3 Å². The molecule has 1 atom stereocenters. The minimum absolute atomic E-state index is 0.00945. The summed E-state index contributed by atoms with van der Waals surface area (Å²) in [7, 11) is 1.64. The third-order valence-corrected chi connectivity index (χ3v) is 4.11. The minimum atomic E-state index is 0.00945. The van der Waals surface area contributed by atoms with Gasteiger partial charge in [0.05, 0.1) is 20.2 Å². The fraction of sp³-hybridized carbons (Fsp3) is 0.562. The van der Waals surface area contributed by atoms with E-state index >= 15 is 0 Å². The van der Waals surface area contributed by atoms with Crippen LogP contribution in [0.15, 0.2) is 24.3 Å². The van der Waals surface area contributed by atoms with Gasteiger partial charge in [0, 0.05) is 5.69 Å². The first-order valence-electron chi connectivity index (χ1n) is 7.50. The van der Waals surface area contributed by atoms with Crippen molar-refractivity contribution in [2.45, 2.75) is 38.6 Å². The zero-order valence-electron chi connectivity index (χ0n) is 12.4. The van der Waals surface area contributed by atoms with E-state index in [0.29, 0.717) is 0 Å². The Morgan fingerprint density at radius 3 is 2.30 bits per heavy atom. The molecule has 1 aromatic rings. The van der Waals surface area contributed by atoms with Crippen LogP contribution in [0.5, 0.6) is 5.75 Å². The molecule has 0 aliphatic carbocycles. The van der Waals surface area contributed by atoms with Gasteiger partial charge in [-0.2, -0.15) is 0 Å². The summed E-state index contributed by atoms with van der Waals surface area (Å²) in [6.07, 6.45) is 5.07. The van der Waals surface area contributed by atoms with Crippen LogP contribution in [0.2, 0.25) is 0 Å². The van der Waals surface area contributed by atoms with E-state index in [-0.39, 0.29) is 11.9 Å². The molecule has 0 bridgehead atoms. The summed E-state index contributed by atoms with van der Waals surface area (Å²) in [6.45, 7) is 4.24. The van der Waals surface area contributed by atoms with Gasteiger partial charge in [0.2, 0.25) is 0 Å². The molecule has 1 aromatic carbocycles. The van der Waals surface area contributed by atoms with Crippen LogP contribution in [0.25, 0.3) is 0 Å². The van der Waals surface area contributed by atoms with Crippen LogP contribution in [-0.2, 0) is 4.79 Å². The Balaban J connectivity index is 1.92. The number of nitrogens with one attached hydrogen (secondary N) is 2. The Kier molecular flexibility index (Phi) is 5.41. The molecule has 0 radical (unpaired) electrons. The molecular formula is C16H25N2O2+. The summed E-state index contributed by atoms with van der Waals surface area (Å²) < 4.78 is 5.11. The van der Waals surface area contributed by atoms with E-state index in [9.17, 15) is 4.79 Å². The van der Waals surface area contributed by atoms with Crippen LogP contribution in [0, 0.1) is 0 Å². The van der Waals surface area contributed by atoms with Crippen molar-refractivity contribution in [3.63, 3.8) is 0 Å². The second kappa shape index (κ2) is 7.29. The van der Waals surface area contributed by atoms with Crippen molar-refractivity contribution in [1.82, 2.24) is 0 Å². The van der Waals surface area contributed by atoms with E-state index in [1.807, 2.05) is 31.2 Å². The summed E-state index contributed by atoms with van der Waals surface area (Å²) in [5.41, 5.74) is 0.830. The Labute approximate surface area is 121 Å². The van der Waals surface area contributed by atoms with Crippen molar-refractivity contribution in [2.24, 2.45) is 0 Å². The second-order valence-electron chi connectivity index (χ2n) is 5.51. The lowest BCUT2D eigenvalue weighted by atomic mass is 10.2. The molecular weight excluding hydrogens is 252 g/mol. The molecule has 110 valence electrons. The van der Waals surface area contributed by atoms with Crippen LogP contribution in [0.4, 0.5) is 5.69 Å². The van der Waals surface area contributed by atoms with Gasteiger partial charge in [-0.1, -0.05) is 0 Å². The third kappa shape index (κ3) is 3.97. The lowest BCUT2D eigenvalue weighted by Gasteiger charge is -2.23. The first-order chi connectivity index (χ1) is 9.70. The monoisotopic (exact) mass is 277 g/mol. The number of rotatable bonds is 4. The number of quaternary nitrogens is 1. The quantitative estimate of drug-likeness (QED) is 0.875. The molecule has 2 rings (SSSR count). The summed E-state index contributed by atoms with van der Waals surface area (Å²) in [5.74, 6) is 0.904. The Morgan fingerprint density at radius 1 is 1.15 bits per heavy atom. The molecule has 0 unspecified atom stereocenters. The van der Waals surface area contributed by atoms with Gasteiger partial charge < -0.3 is 15.0 Å². The van der Waals surface area contributed by atoms with Crippen molar-refractivity contribution in [2.75, 3.05) is 25.5 Å². The molecule has 2 N–H and O–H groups in total. The zero-order valence-corrected chi connectivity index (χ0v) is 12.4. The highest BCUT2D eigenvalue weighted by molar-refractivity contribution is 5.93. The highest BCUT2D eigenvalue weighted by Crippen LogP contribution is 2.15. The van der Waals surface area contributed by atoms with Gasteiger partial charge >= 0.3 is 0 Å². The van der Waals surface area contributed by atoms with Gasteiger partial charge in [-0.3, -0.25) is 4.79 Å². The predicted molar refractivity (Wildman–Crippen MR) is 80.3 cm³/mol. The minimum Gasteiger partial charge on any atom is -0.497 e. The summed E-state index contributed by atoms with van der Waals surface area (Å²) in [5, 5.41) is 3.00. The van der Waals surface area contributed by atoms with Crippen molar-refractivity contribution in [1.29, 1.82) is 0 Å². The van der Waals surface area contributed by atoms with Crippen molar-refractivity contribution in [3.8, 4) is 5.75 Å². The van der Waals surface area contributed by atoms with Gasteiger partial charge in [0.15, 0.2) is 6.04 Å². The molecule has 4 heteroatoms. The number of carbonyl (C=O) groups excluding carboxylic acids is 1. The van der Waals surface area contributed by atoms with E-state index in [0.717, 1.165) is 24.5 Å². The fourth-order valence-corrected chi connectivity index (χ4v) is 2.73. The molecule has 1 heterocycles. The number of hydrogen-bond donors (Lipinski definition) is 2. The maximum Gasteiger partial charge on any atom is 0.282 e. The van der Waals surface area contributed by atoms with Crippen molar-refractivity contribution >= 4 is 11.6 Å². The standard InChI is InChI=1S/C16H24N2O2/c1-13(18-11-5-3-4-6-12-18)16(19)17-14-7-9-15(20-2)10-8-14/h7-10,13H,3-6,11-12H2,1-2H3,(H,17,19)/p+1/t13-/m1/s1. The lowest BCUT2D eigenvalue weighted by Crippen LogP contribution is -3.16. The molecule has 1 aliphatic rings. The topological polar surface area (TPSA) is 42.8 Å². The fourth-order valence-electron chi connectivity index (χ4n) is 2.73. The van der Waals surface area contributed by atoms with Gasteiger partial charge in [0.25, 0.3) is 5.91 Å². The SMILES string of the molecule is COc1ccc(NC(=O)[C@@H](C)[NH+]2CCCCCC2)cc1. The number of anilines is 1. The molecule has 1 aliphatic heterocycles. The van der Waals surface area contributed by atoms with Crippen LogP contribution in [0.1, 0.15) is 32.6 Å². The van der Waals surface area contributed by atoms with Gasteiger partial charge in [0.1, 0.15) is 5.75 Å². The van der Waals surface area contributed by atoms with E-state index in [2.05, 4.69) is 5.32 Å². The summed E-state index contributed by atoms with van der Waals surface area (Å²) in [6, 6.07) is 7.48. The average Bonchev–Trinajstić information content (AvgIpc) is 2.76. The van der Waals surface area contributed by atoms with E-state index in [1.165, 1.54) is 30.6 Å². The average molecular weight is 277 g/mol. The van der Waals surface area contributed by atoms with Crippen LogP contribution >= 0.6 is 0 Å². The maximum absolute atomic E-state index is 12.3. The molecule has 20 heavy (non-hydrogen) atoms. The number of hydrogen-bond acceptors (Lipinski definition) is 2. The van der Waals surface area contributed by atoms with Crippen LogP contribution < -0.4 is 15.0 Å². The van der Waals surface area contributed by atoms with Gasteiger partial charge in [-0.05, 0) is 56.9 Å². The maximum atomic E-state index is 12.3. The first-order valence-corrected chi connectivity index (χ1v) is 7.50. The van der Waals surface area contributed by atoms with Crippen molar-refractivity contribution < 1.29 is 14.4 Å².